The highest BCUT2D eigenvalue weighted by atomic mass is 35.5. The van der Waals surface area contributed by atoms with Crippen LogP contribution in [-0.4, -0.2) is 57.1 Å². The number of pyridine rings is 1. The van der Waals surface area contributed by atoms with Gasteiger partial charge in [-0.2, -0.15) is 5.10 Å². The lowest BCUT2D eigenvalue weighted by molar-refractivity contribution is -0.129. The molecule has 8 nitrogen and oxygen atoms in total. The molecule has 0 bridgehead atoms. The van der Waals surface area contributed by atoms with Crippen molar-refractivity contribution in [2.75, 3.05) is 13.7 Å². The number of benzene rings is 1. The Morgan fingerprint density at radius 3 is 2.84 bits per heavy atom. The Bertz CT molecular complexity index is 1160. The maximum Gasteiger partial charge on any atom is 0.256 e. The third-order valence-electron chi connectivity index (χ3n) is 5.62. The van der Waals surface area contributed by atoms with E-state index in [9.17, 15) is 9.59 Å². The summed E-state index contributed by atoms with van der Waals surface area (Å²) in [4.78, 5) is 31.9. The molecule has 3 heterocycles. The second kappa shape index (κ2) is 9.16. The molecule has 4 rings (SSSR count). The number of rotatable bonds is 6. The van der Waals surface area contributed by atoms with Crippen molar-refractivity contribution in [3.05, 3.63) is 58.5 Å². The zero-order valence-corrected chi connectivity index (χ0v) is 19.1. The molecule has 2 atom stereocenters. The molecule has 1 fully saturated rings. The Kier molecular flexibility index (Phi) is 6.32. The molecule has 1 saturated heterocycles. The minimum Gasteiger partial charge on any atom is -0.493 e. The van der Waals surface area contributed by atoms with Gasteiger partial charge in [0, 0.05) is 30.2 Å². The monoisotopic (exact) mass is 455 g/mol. The lowest BCUT2D eigenvalue weighted by atomic mass is 10.0. The summed E-state index contributed by atoms with van der Waals surface area (Å²) in [6.45, 7) is 4.23. The number of aryl methyl sites for hydroxylation is 2. The van der Waals surface area contributed by atoms with Crippen LogP contribution in [0.1, 0.15) is 42.0 Å². The Morgan fingerprint density at radius 2 is 2.12 bits per heavy atom. The molecule has 2 aromatic heterocycles. The second-order valence-electron chi connectivity index (χ2n) is 8.01. The Morgan fingerprint density at radius 1 is 1.31 bits per heavy atom. The Labute approximate surface area is 191 Å². The maximum atomic E-state index is 13.3. The molecule has 1 aliphatic heterocycles. The maximum absolute atomic E-state index is 13.3. The number of ether oxygens (including phenoxy) is 1. The Balaban J connectivity index is 1.61. The van der Waals surface area contributed by atoms with E-state index in [1.54, 1.807) is 21.7 Å². The van der Waals surface area contributed by atoms with Crippen LogP contribution in [-0.2, 0) is 17.6 Å². The van der Waals surface area contributed by atoms with Gasteiger partial charge in [-0.05, 0) is 43.5 Å². The SMILES string of the molecule is CCC1C(=O)NC(C)CN1C(=O)c1cc(OC)c2nc(CCc3cccc(Cl)c3)nn2c1. The lowest BCUT2D eigenvalue weighted by Crippen LogP contribution is -2.60. The first kappa shape index (κ1) is 22.1. The summed E-state index contributed by atoms with van der Waals surface area (Å²) >= 11 is 6.07. The topological polar surface area (TPSA) is 88.8 Å². The summed E-state index contributed by atoms with van der Waals surface area (Å²) < 4.78 is 7.08. The molecule has 0 radical (unpaired) electrons. The number of piperazine rings is 1. The summed E-state index contributed by atoms with van der Waals surface area (Å²) in [7, 11) is 1.54. The summed E-state index contributed by atoms with van der Waals surface area (Å²) in [5, 5.41) is 8.16. The molecule has 0 aliphatic carbocycles. The zero-order valence-electron chi connectivity index (χ0n) is 18.3. The molecular formula is C23H26ClN5O3. The van der Waals surface area contributed by atoms with E-state index in [1.165, 1.54) is 7.11 Å². The summed E-state index contributed by atoms with van der Waals surface area (Å²) in [6.07, 6.45) is 3.56. The number of fused-ring (bicyclic) bond motifs is 1. The number of nitrogens with one attached hydrogen (secondary N) is 1. The van der Waals surface area contributed by atoms with Crippen LogP contribution in [0.2, 0.25) is 5.02 Å². The predicted octanol–water partition coefficient (Wildman–Crippen LogP) is 2.92. The van der Waals surface area contributed by atoms with Crippen molar-refractivity contribution in [1.82, 2.24) is 24.8 Å². The van der Waals surface area contributed by atoms with Crippen molar-refractivity contribution in [2.45, 2.75) is 45.2 Å². The number of hydrogen-bond acceptors (Lipinski definition) is 5. The van der Waals surface area contributed by atoms with Crippen LogP contribution in [0, 0.1) is 0 Å². The number of halogens is 1. The van der Waals surface area contributed by atoms with Gasteiger partial charge in [0.1, 0.15) is 6.04 Å². The van der Waals surface area contributed by atoms with Gasteiger partial charge in [-0.1, -0.05) is 30.7 Å². The van der Waals surface area contributed by atoms with Crippen LogP contribution in [0.15, 0.2) is 36.5 Å². The molecule has 1 aromatic carbocycles. The van der Waals surface area contributed by atoms with Crippen molar-refractivity contribution >= 4 is 29.1 Å². The molecule has 3 aromatic rings. The molecular weight excluding hydrogens is 430 g/mol. The minimum atomic E-state index is -0.496. The molecule has 1 aliphatic rings. The van der Waals surface area contributed by atoms with Gasteiger partial charge in [-0.3, -0.25) is 9.59 Å². The van der Waals surface area contributed by atoms with Gasteiger partial charge in [0.25, 0.3) is 5.91 Å². The van der Waals surface area contributed by atoms with E-state index < -0.39 is 6.04 Å². The Hall–Kier alpha value is -3.13. The van der Waals surface area contributed by atoms with E-state index >= 15 is 0 Å². The van der Waals surface area contributed by atoms with Crippen LogP contribution in [0.3, 0.4) is 0 Å². The average Bonchev–Trinajstić information content (AvgIpc) is 3.19. The summed E-state index contributed by atoms with van der Waals surface area (Å²) in [5.74, 6) is 0.747. The van der Waals surface area contributed by atoms with Crippen molar-refractivity contribution in [3.8, 4) is 5.75 Å². The number of methoxy groups -OCH3 is 1. The predicted molar refractivity (Wildman–Crippen MR) is 121 cm³/mol. The highest BCUT2D eigenvalue weighted by Crippen LogP contribution is 2.23. The van der Waals surface area contributed by atoms with Gasteiger partial charge in [0.05, 0.1) is 12.7 Å². The molecule has 2 unspecified atom stereocenters. The van der Waals surface area contributed by atoms with Crippen LogP contribution in [0.25, 0.3) is 5.65 Å². The van der Waals surface area contributed by atoms with E-state index in [-0.39, 0.29) is 17.9 Å². The molecule has 0 spiro atoms. The van der Waals surface area contributed by atoms with E-state index in [4.69, 9.17) is 16.3 Å². The third kappa shape index (κ3) is 4.41. The fraction of sp³-hybridized carbons (Fsp3) is 0.391. The van der Waals surface area contributed by atoms with Gasteiger partial charge in [0.15, 0.2) is 17.2 Å². The third-order valence-corrected chi connectivity index (χ3v) is 5.86. The first-order valence-electron chi connectivity index (χ1n) is 10.7. The van der Waals surface area contributed by atoms with Crippen molar-refractivity contribution in [1.29, 1.82) is 0 Å². The van der Waals surface area contributed by atoms with Crippen molar-refractivity contribution in [3.63, 3.8) is 0 Å². The molecule has 168 valence electrons. The highest BCUT2D eigenvalue weighted by Gasteiger charge is 2.35. The van der Waals surface area contributed by atoms with E-state index in [2.05, 4.69) is 15.4 Å². The van der Waals surface area contributed by atoms with E-state index in [1.807, 2.05) is 38.1 Å². The van der Waals surface area contributed by atoms with Gasteiger partial charge >= 0.3 is 0 Å². The number of carbonyl (C=O) groups excluding carboxylic acids is 2. The molecule has 1 N–H and O–H groups in total. The number of aromatic nitrogens is 3. The van der Waals surface area contributed by atoms with Crippen LogP contribution >= 0.6 is 11.6 Å². The molecule has 9 heteroatoms. The van der Waals surface area contributed by atoms with Gasteiger partial charge in [-0.15, -0.1) is 0 Å². The van der Waals surface area contributed by atoms with Crippen LogP contribution in [0.4, 0.5) is 0 Å². The van der Waals surface area contributed by atoms with Crippen molar-refractivity contribution in [2.24, 2.45) is 0 Å². The van der Waals surface area contributed by atoms with Gasteiger partial charge in [0.2, 0.25) is 5.91 Å². The van der Waals surface area contributed by atoms with Crippen LogP contribution in [0.5, 0.6) is 5.75 Å². The summed E-state index contributed by atoms with van der Waals surface area (Å²) in [5.41, 5.74) is 2.05. The van der Waals surface area contributed by atoms with Gasteiger partial charge < -0.3 is 15.0 Å². The van der Waals surface area contributed by atoms with Crippen LogP contribution < -0.4 is 10.1 Å². The highest BCUT2D eigenvalue weighted by molar-refractivity contribution is 6.30. The fourth-order valence-corrected chi connectivity index (χ4v) is 4.28. The largest absolute Gasteiger partial charge is 0.493 e. The quantitative estimate of drug-likeness (QED) is 0.617. The first-order chi connectivity index (χ1) is 15.4. The second-order valence-corrected chi connectivity index (χ2v) is 8.45. The summed E-state index contributed by atoms with van der Waals surface area (Å²) in [6, 6.07) is 8.76. The standard InChI is InChI=1S/C23H26ClN5O3/c1-4-18-22(30)25-14(2)12-28(18)23(31)16-11-19(32-3)21-26-20(27-29(21)13-16)9-8-15-6-5-7-17(24)10-15/h5-7,10-11,13-14,18H,4,8-9,12H2,1-3H3,(H,25,30). The fourth-order valence-electron chi connectivity index (χ4n) is 4.07. The lowest BCUT2D eigenvalue weighted by Gasteiger charge is -2.37. The molecule has 2 amide bonds. The number of carbonyl (C=O) groups is 2. The van der Waals surface area contributed by atoms with E-state index in [0.29, 0.717) is 47.2 Å². The zero-order chi connectivity index (χ0) is 22.8. The minimum absolute atomic E-state index is 0.107. The number of amides is 2. The number of nitrogens with zero attached hydrogens (tertiary/aromatic N) is 4. The normalized spacial score (nSPS) is 18.6. The number of hydrogen-bond donors (Lipinski definition) is 1. The van der Waals surface area contributed by atoms with E-state index in [0.717, 1.165) is 12.0 Å². The smallest absolute Gasteiger partial charge is 0.256 e. The van der Waals surface area contributed by atoms with Crippen molar-refractivity contribution < 1.29 is 14.3 Å². The average molecular weight is 456 g/mol. The first-order valence-corrected chi connectivity index (χ1v) is 11.1. The molecule has 32 heavy (non-hydrogen) atoms. The van der Waals surface area contributed by atoms with Gasteiger partial charge in [-0.25, -0.2) is 9.50 Å². The molecule has 0 saturated carbocycles.